The first-order chi connectivity index (χ1) is 14.5. The van der Waals surface area contributed by atoms with Crippen LogP contribution in [0.25, 0.3) is 21.9 Å². The number of pyridine rings is 1. The van der Waals surface area contributed by atoms with E-state index in [9.17, 15) is 4.79 Å². The lowest BCUT2D eigenvalue weighted by Crippen LogP contribution is -2.36. The van der Waals surface area contributed by atoms with Crippen LogP contribution in [0.1, 0.15) is 38.8 Å². The van der Waals surface area contributed by atoms with E-state index >= 15 is 0 Å². The molecule has 5 heteroatoms. The zero-order valence-electron chi connectivity index (χ0n) is 18.3. The summed E-state index contributed by atoms with van der Waals surface area (Å²) in [5, 5.41) is 6.48. The number of hydrogen-bond donors (Lipinski definition) is 0. The third-order valence-corrected chi connectivity index (χ3v) is 6.04. The van der Waals surface area contributed by atoms with Gasteiger partial charge in [0.15, 0.2) is 0 Å². The van der Waals surface area contributed by atoms with E-state index < -0.39 is 0 Å². The zero-order valence-corrected chi connectivity index (χ0v) is 18.3. The molecule has 1 saturated heterocycles. The summed E-state index contributed by atoms with van der Waals surface area (Å²) < 4.78 is 1.81. The van der Waals surface area contributed by atoms with Crippen LogP contribution in [0.15, 0.2) is 42.9 Å². The molecule has 1 aliphatic rings. The van der Waals surface area contributed by atoms with Crippen molar-refractivity contribution in [2.75, 3.05) is 19.6 Å². The number of benzene rings is 1. The number of carbonyl (C=O) groups is 1. The highest BCUT2D eigenvalue weighted by Gasteiger charge is 2.22. The molecular formula is C25H32N4O. The van der Waals surface area contributed by atoms with Gasteiger partial charge in [-0.3, -0.25) is 14.5 Å². The summed E-state index contributed by atoms with van der Waals surface area (Å²) in [6.07, 6.45) is 9.16. The van der Waals surface area contributed by atoms with Crippen molar-refractivity contribution < 1.29 is 4.79 Å². The fourth-order valence-corrected chi connectivity index (χ4v) is 4.52. The predicted octanol–water partition coefficient (Wildman–Crippen LogP) is 4.51. The van der Waals surface area contributed by atoms with E-state index in [1.54, 1.807) is 0 Å². The van der Waals surface area contributed by atoms with E-state index in [2.05, 4.69) is 53.1 Å². The molecule has 0 saturated carbocycles. The van der Waals surface area contributed by atoms with Gasteiger partial charge in [0.1, 0.15) is 5.78 Å². The molecule has 0 atom stereocenters. The molecule has 0 unspecified atom stereocenters. The molecule has 0 N–H and O–H groups in total. The van der Waals surface area contributed by atoms with Crippen molar-refractivity contribution in [1.82, 2.24) is 19.7 Å². The number of Topliss-reactive ketones (excluding diaryl/α,β-unsaturated/α-hetero) is 1. The number of aryl methyl sites for hydroxylation is 1. The quantitative estimate of drug-likeness (QED) is 0.582. The molecule has 4 rings (SSSR count). The third kappa shape index (κ3) is 5.14. The molecule has 1 aliphatic heterocycles. The van der Waals surface area contributed by atoms with Gasteiger partial charge in [0.05, 0.1) is 6.20 Å². The molecule has 0 spiro atoms. The van der Waals surface area contributed by atoms with Crippen molar-refractivity contribution in [2.45, 2.75) is 39.5 Å². The minimum absolute atomic E-state index is 0.313. The number of rotatable bonds is 7. The van der Waals surface area contributed by atoms with Gasteiger partial charge < -0.3 is 4.90 Å². The third-order valence-electron chi connectivity index (χ3n) is 6.04. The van der Waals surface area contributed by atoms with E-state index in [1.807, 2.05) is 30.3 Å². The van der Waals surface area contributed by atoms with E-state index in [4.69, 9.17) is 0 Å². The van der Waals surface area contributed by atoms with Gasteiger partial charge in [-0.25, -0.2) is 0 Å². The van der Waals surface area contributed by atoms with Gasteiger partial charge in [-0.15, -0.1) is 0 Å². The normalized spacial score (nSPS) is 15.9. The molecule has 30 heavy (non-hydrogen) atoms. The first kappa shape index (κ1) is 20.7. The Labute approximate surface area is 179 Å². The van der Waals surface area contributed by atoms with Crippen LogP contribution in [0.3, 0.4) is 0 Å². The second-order valence-corrected chi connectivity index (χ2v) is 9.20. The van der Waals surface area contributed by atoms with Crippen molar-refractivity contribution in [3.05, 3.63) is 48.5 Å². The Morgan fingerprint density at radius 1 is 1.10 bits per heavy atom. The van der Waals surface area contributed by atoms with Crippen LogP contribution in [0, 0.1) is 11.8 Å². The topological polar surface area (TPSA) is 51.0 Å². The lowest BCUT2D eigenvalue weighted by Gasteiger charge is -2.32. The highest BCUT2D eigenvalue weighted by atomic mass is 16.1. The van der Waals surface area contributed by atoms with Gasteiger partial charge in [0, 0.05) is 55.5 Å². The Morgan fingerprint density at radius 2 is 1.90 bits per heavy atom. The minimum atomic E-state index is 0.313. The summed E-state index contributed by atoms with van der Waals surface area (Å²) in [7, 11) is 1.92. The number of ketones is 1. The Balaban J connectivity index is 1.38. The van der Waals surface area contributed by atoms with Gasteiger partial charge in [0.2, 0.25) is 0 Å². The largest absolute Gasteiger partial charge is 0.303 e. The van der Waals surface area contributed by atoms with Crippen molar-refractivity contribution >= 4 is 16.6 Å². The summed E-state index contributed by atoms with van der Waals surface area (Å²) in [6, 6.07) is 8.41. The SMILES string of the molecule is CC(C)CN1CCC(CC(=O)Cc2cc3cc(-c4cnn(C)c4)ccc3cn2)CC1. The average Bonchev–Trinajstić information content (AvgIpc) is 3.15. The molecule has 3 heterocycles. The monoisotopic (exact) mass is 404 g/mol. The molecular weight excluding hydrogens is 372 g/mol. The van der Waals surface area contributed by atoms with E-state index in [1.165, 1.54) is 6.54 Å². The number of hydrogen-bond acceptors (Lipinski definition) is 4. The Morgan fingerprint density at radius 3 is 2.60 bits per heavy atom. The second-order valence-electron chi connectivity index (χ2n) is 9.20. The maximum atomic E-state index is 12.7. The standard InChI is InChI=1S/C25H32N4O/c1-18(2)16-29-8-6-19(7-9-29)10-25(30)13-24-12-22-11-20(4-5-21(22)14-26-24)23-15-27-28(3)17-23/h4-5,11-12,14-15,17-19H,6-10,13,16H2,1-3H3. The number of fused-ring (bicyclic) bond motifs is 1. The number of carbonyl (C=O) groups excluding carboxylic acids is 1. The molecule has 0 aliphatic carbocycles. The van der Waals surface area contributed by atoms with Gasteiger partial charge >= 0.3 is 0 Å². The first-order valence-corrected chi connectivity index (χ1v) is 11.1. The summed E-state index contributed by atoms with van der Waals surface area (Å²) in [5.74, 6) is 1.55. The zero-order chi connectivity index (χ0) is 21.1. The number of piperidine rings is 1. The van der Waals surface area contributed by atoms with Gasteiger partial charge in [0.25, 0.3) is 0 Å². The first-order valence-electron chi connectivity index (χ1n) is 11.1. The van der Waals surface area contributed by atoms with Crippen LogP contribution < -0.4 is 0 Å². The van der Waals surface area contributed by atoms with Crippen molar-refractivity contribution in [3.8, 4) is 11.1 Å². The fourth-order valence-electron chi connectivity index (χ4n) is 4.52. The van der Waals surface area contributed by atoms with E-state index in [0.29, 0.717) is 30.5 Å². The van der Waals surface area contributed by atoms with Crippen molar-refractivity contribution in [2.24, 2.45) is 18.9 Å². The molecule has 3 aromatic rings. The van der Waals surface area contributed by atoms with Crippen LogP contribution in [-0.2, 0) is 18.3 Å². The van der Waals surface area contributed by atoms with Gasteiger partial charge in [-0.05, 0) is 60.8 Å². The van der Waals surface area contributed by atoms with Crippen LogP contribution in [0.5, 0.6) is 0 Å². The summed E-state index contributed by atoms with van der Waals surface area (Å²) in [5.41, 5.74) is 3.10. The highest BCUT2D eigenvalue weighted by molar-refractivity contribution is 5.88. The maximum absolute atomic E-state index is 12.7. The number of likely N-dealkylation sites (tertiary alicyclic amines) is 1. The van der Waals surface area contributed by atoms with Gasteiger partial charge in [-0.1, -0.05) is 26.0 Å². The molecule has 0 bridgehead atoms. The molecule has 158 valence electrons. The molecule has 0 radical (unpaired) electrons. The second kappa shape index (κ2) is 9.09. The van der Waals surface area contributed by atoms with Crippen LogP contribution >= 0.6 is 0 Å². The molecule has 5 nitrogen and oxygen atoms in total. The van der Waals surface area contributed by atoms with Crippen LogP contribution in [-0.4, -0.2) is 45.1 Å². The van der Waals surface area contributed by atoms with Crippen molar-refractivity contribution in [3.63, 3.8) is 0 Å². The van der Waals surface area contributed by atoms with Crippen LogP contribution in [0.4, 0.5) is 0 Å². The molecule has 1 fully saturated rings. The minimum Gasteiger partial charge on any atom is -0.303 e. The molecule has 1 aromatic carbocycles. The predicted molar refractivity (Wildman–Crippen MR) is 121 cm³/mol. The van der Waals surface area contributed by atoms with Crippen LogP contribution in [0.2, 0.25) is 0 Å². The summed E-state index contributed by atoms with van der Waals surface area (Å²) in [4.78, 5) is 19.8. The Bertz CT molecular complexity index is 1010. The van der Waals surface area contributed by atoms with Crippen molar-refractivity contribution in [1.29, 1.82) is 0 Å². The number of nitrogens with zero attached hydrogens (tertiary/aromatic N) is 4. The Hall–Kier alpha value is -2.53. The maximum Gasteiger partial charge on any atom is 0.139 e. The number of aromatic nitrogens is 3. The smallest absolute Gasteiger partial charge is 0.139 e. The highest BCUT2D eigenvalue weighted by Crippen LogP contribution is 2.25. The lowest BCUT2D eigenvalue weighted by atomic mass is 9.90. The van der Waals surface area contributed by atoms with Gasteiger partial charge in [-0.2, -0.15) is 5.10 Å². The molecule has 0 amide bonds. The lowest BCUT2D eigenvalue weighted by molar-refractivity contribution is -0.119. The Kier molecular flexibility index (Phi) is 6.28. The summed E-state index contributed by atoms with van der Waals surface area (Å²) in [6.45, 7) is 7.96. The van der Waals surface area contributed by atoms with E-state index in [0.717, 1.165) is 53.5 Å². The molecule has 2 aromatic heterocycles. The van der Waals surface area contributed by atoms with E-state index in [-0.39, 0.29) is 0 Å². The average molecular weight is 405 g/mol. The summed E-state index contributed by atoms with van der Waals surface area (Å²) >= 11 is 0. The fraction of sp³-hybridized carbons (Fsp3) is 0.480.